The quantitative estimate of drug-likeness (QED) is 0.771. The number of carbonyl (C=O) groups excluding carboxylic acids is 1. The highest BCUT2D eigenvalue weighted by Crippen LogP contribution is 2.18. The second kappa shape index (κ2) is 4.85. The van der Waals surface area contributed by atoms with Gasteiger partial charge < -0.3 is 15.4 Å². The molecule has 1 aromatic heterocycles. The zero-order valence-corrected chi connectivity index (χ0v) is 10.4. The molecule has 1 aromatic rings. The summed E-state index contributed by atoms with van der Waals surface area (Å²) >= 11 is 0. The molecule has 94 valence electrons. The predicted molar refractivity (Wildman–Crippen MR) is 63.7 cm³/mol. The van der Waals surface area contributed by atoms with Crippen LogP contribution in [0.5, 0.6) is 0 Å². The fourth-order valence-corrected chi connectivity index (χ4v) is 2.04. The standard InChI is InChI=1S/C11H18N4O2/c1-7-9(4-15(3)14-7)13-11(16)8-5-17-6-10(8)12-2/h4,8,10,12H,5-6H2,1-3H3,(H,13,16). The Kier molecular flexibility index (Phi) is 3.44. The van der Waals surface area contributed by atoms with Crippen LogP contribution in [0.4, 0.5) is 5.69 Å². The van der Waals surface area contributed by atoms with Gasteiger partial charge in [-0.1, -0.05) is 0 Å². The van der Waals surface area contributed by atoms with Crippen LogP contribution in [0.3, 0.4) is 0 Å². The number of aryl methyl sites for hydroxylation is 2. The van der Waals surface area contributed by atoms with Crippen LogP contribution >= 0.6 is 0 Å². The normalized spacial score (nSPS) is 23.9. The first kappa shape index (κ1) is 12.1. The van der Waals surface area contributed by atoms with Gasteiger partial charge in [-0.3, -0.25) is 9.48 Å². The Balaban J connectivity index is 2.04. The smallest absolute Gasteiger partial charge is 0.231 e. The first-order valence-electron chi connectivity index (χ1n) is 5.68. The van der Waals surface area contributed by atoms with Gasteiger partial charge in [0.15, 0.2) is 0 Å². The van der Waals surface area contributed by atoms with Gasteiger partial charge in [0.05, 0.1) is 30.5 Å². The first-order valence-corrected chi connectivity index (χ1v) is 5.68. The maximum absolute atomic E-state index is 12.1. The molecule has 0 bridgehead atoms. The topological polar surface area (TPSA) is 68.2 Å². The highest BCUT2D eigenvalue weighted by Gasteiger charge is 2.33. The molecule has 2 heterocycles. The first-order chi connectivity index (χ1) is 8.11. The summed E-state index contributed by atoms with van der Waals surface area (Å²) in [4.78, 5) is 12.1. The molecule has 1 aliphatic heterocycles. The summed E-state index contributed by atoms with van der Waals surface area (Å²) < 4.78 is 7.00. The van der Waals surface area contributed by atoms with Crippen molar-refractivity contribution in [1.29, 1.82) is 0 Å². The van der Waals surface area contributed by atoms with Crippen LogP contribution in [-0.2, 0) is 16.6 Å². The fraction of sp³-hybridized carbons (Fsp3) is 0.636. The maximum atomic E-state index is 12.1. The van der Waals surface area contributed by atoms with Crippen LogP contribution in [0.25, 0.3) is 0 Å². The molecule has 0 saturated carbocycles. The SMILES string of the molecule is CNC1COCC1C(=O)Nc1cn(C)nc1C. The second-order valence-corrected chi connectivity index (χ2v) is 4.33. The Labute approximate surface area is 100 Å². The van der Waals surface area contributed by atoms with Gasteiger partial charge in [0.2, 0.25) is 5.91 Å². The molecular weight excluding hydrogens is 220 g/mol. The molecule has 1 saturated heterocycles. The summed E-state index contributed by atoms with van der Waals surface area (Å²) in [5, 5.41) is 10.2. The van der Waals surface area contributed by atoms with Crippen LogP contribution < -0.4 is 10.6 Å². The lowest BCUT2D eigenvalue weighted by atomic mass is 10.0. The summed E-state index contributed by atoms with van der Waals surface area (Å²) in [5.74, 6) is -0.155. The molecule has 1 amide bonds. The molecule has 1 fully saturated rings. The van der Waals surface area contributed by atoms with Crippen molar-refractivity contribution in [1.82, 2.24) is 15.1 Å². The van der Waals surface area contributed by atoms with Gasteiger partial charge in [0.1, 0.15) is 0 Å². The van der Waals surface area contributed by atoms with Gasteiger partial charge in [0.25, 0.3) is 0 Å². The van der Waals surface area contributed by atoms with E-state index >= 15 is 0 Å². The Hall–Kier alpha value is -1.40. The van der Waals surface area contributed by atoms with E-state index in [4.69, 9.17) is 4.74 Å². The minimum absolute atomic E-state index is 0.0158. The van der Waals surface area contributed by atoms with E-state index < -0.39 is 0 Å². The van der Waals surface area contributed by atoms with Crippen molar-refractivity contribution < 1.29 is 9.53 Å². The van der Waals surface area contributed by atoms with Crippen LogP contribution in [0.2, 0.25) is 0 Å². The highest BCUT2D eigenvalue weighted by molar-refractivity contribution is 5.93. The van der Waals surface area contributed by atoms with Gasteiger partial charge in [-0.2, -0.15) is 5.10 Å². The number of rotatable bonds is 3. The molecule has 2 N–H and O–H groups in total. The summed E-state index contributed by atoms with van der Waals surface area (Å²) in [5.41, 5.74) is 1.58. The van der Waals surface area contributed by atoms with E-state index in [1.165, 1.54) is 0 Å². The average molecular weight is 238 g/mol. The van der Waals surface area contributed by atoms with E-state index in [9.17, 15) is 4.79 Å². The molecule has 0 aromatic carbocycles. The van der Waals surface area contributed by atoms with Crippen molar-refractivity contribution in [2.75, 3.05) is 25.6 Å². The van der Waals surface area contributed by atoms with E-state index in [1.807, 2.05) is 21.0 Å². The molecule has 2 unspecified atom stereocenters. The van der Waals surface area contributed by atoms with Crippen LogP contribution in [-0.4, -0.2) is 42.0 Å². The Bertz CT molecular complexity index is 416. The Morgan fingerprint density at radius 2 is 2.35 bits per heavy atom. The van der Waals surface area contributed by atoms with Gasteiger partial charge >= 0.3 is 0 Å². The summed E-state index contributed by atoms with van der Waals surface area (Å²) in [7, 11) is 3.67. The highest BCUT2D eigenvalue weighted by atomic mass is 16.5. The Morgan fingerprint density at radius 1 is 1.59 bits per heavy atom. The van der Waals surface area contributed by atoms with Gasteiger partial charge in [0, 0.05) is 19.3 Å². The molecule has 0 radical (unpaired) electrons. The van der Waals surface area contributed by atoms with Crippen molar-refractivity contribution in [2.24, 2.45) is 13.0 Å². The molecule has 2 atom stereocenters. The largest absolute Gasteiger partial charge is 0.379 e. The molecular formula is C11H18N4O2. The summed E-state index contributed by atoms with van der Waals surface area (Å²) in [6.45, 7) is 2.92. The minimum Gasteiger partial charge on any atom is -0.379 e. The lowest BCUT2D eigenvalue weighted by Crippen LogP contribution is -2.39. The summed E-state index contributed by atoms with van der Waals surface area (Å²) in [6.07, 6.45) is 1.80. The van der Waals surface area contributed by atoms with Crippen LogP contribution in [0.15, 0.2) is 6.20 Å². The monoisotopic (exact) mass is 238 g/mol. The lowest BCUT2D eigenvalue weighted by molar-refractivity contribution is -0.120. The molecule has 6 heteroatoms. The maximum Gasteiger partial charge on any atom is 0.231 e. The average Bonchev–Trinajstić information content (AvgIpc) is 2.85. The fourth-order valence-electron chi connectivity index (χ4n) is 2.04. The van der Waals surface area contributed by atoms with Crippen molar-refractivity contribution in [2.45, 2.75) is 13.0 Å². The number of aromatic nitrogens is 2. The number of anilines is 1. The molecule has 2 rings (SSSR count). The second-order valence-electron chi connectivity index (χ2n) is 4.33. The number of hydrogen-bond donors (Lipinski definition) is 2. The number of ether oxygens (including phenoxy) is 1. The van der Waals surface area contributed by atoms with Crippen LogP contribution in [0, 0.1) is 12.8 Å². The summed E-state index contributed by atoms with van der Waals surface area (Å²) in [6, 6.07) is 0.0898. The molecule has 17 heavy (non-hydrogen) atoms. The van der Waals surface area contributed by atoms with Crippen molar-refractivity contribution in [3.8, 4) is 0 Å². The van der Waals surface area contributed by atoms with Crippen LogP contribution in [0.1, 0.15) is 5.69 Å². The van der Waals surface area contributed by atoms with Gasteiger partial charge in [-0.05, 0) is 14.0 Å². The zero-order chi connectivity index (χ0) is 12.4. The van der Waals surface area contributed by atoms with E-state index in [1.54, 1.807) is 10.9 Å². The zero-order valence-electron chi connectivity index (χ0n) is 10.4. The third-order valence-electron chi connectivity index (χ3n) is 3.06. The number of amides is 1. The predicted octanol–water partition coefficient (Wildman–Crippen LogP) is -0.0986. The molecule has 0 spiro atoms. The Morgan fingerprint density at radius 3 is 2.94 bits per heavy atom. The van der Waals surface area contributed by atoms with Gasteiger partial charge in [-0.25, -0.2) is 0 Å². The number of nitrogens with one attached hydrogen (secondary N) is 2. The van der Waals surface area contributed by atoms with Crippen molar-refractivity contribution >= 4 is 11.6 Å². The van der Waals surface area contributed by atoms with E-state index in [2.05, 4.69) is 15.7 Å². The molecule has 6 nitrogen and oxygen atoms in total. The van der Waals surface area contributed by atoms with E-state index in [0.717, 1.165) is 11.4 Å². The van der Waals surface area contributed by atoms with E-state index in [-0.39, 0.29) is 17.9 Å². The molecule has 1 aliphatic rings. The lowest BCUT2D eigenvalue weighted by Gasteiger charge is -2.15. The number of carbonyl (C=O) groups is 1. The van der Waals surface area contributed by atoms with E-state index in [0.29, 0.717) is 13.2 Å². The van der Waals surface area contributed by atoms with Gasteiger partial charge in [-0.15, -0.1) is 0 Å². The minimum atomic E-state index is -0.139. The third kappa shape index (κ3) is 2.48. The number of likely N-dealkylation sites (N-methyl/N-ethyl adjacent to an activating group) is 1. The van der Waals surface area contributed by atoms with Crippen molar-refractivity contribution in [3.63, 3.8) is 0 Å². The van der Waals surface area contributed by atoms with Crippen molar-refractivity contribution in [3.05, 3.63) is 11.9 Å². The number of nitrogens with zero attached hydrogens (tertiary/aromatic N) is 2. The third-order valence-corrected chi connectivity index (χ3v) is 3.06. The number of hydrogen-bond acceptors (Lipinski definition) is 4. The molecule has 0 aliphatic carbocycles.